The van der Waals surface area contributed by atoms with E-state index in [-0.39, 0.29) is 11.0 Å². The molecule has 0 amide bonds. The van der Waals surface area contributed by atoms with Crippen molar-refractivity contribution >= 4 is 15.7 Å². The van der Waals surface area contributed by atoms with Crippen LogP contribution in [0.5, 0.6) is 0 Å². The van der Waals surface area contributed by atoms with Crippen molar-refractivity contribution in [1.82, 2.24) is 9.71 Å². The van der Waals surface area contributed by atoms with Crippen molar-refractivity contribution in [3.05, 3.63) is 18.5 Å². The van der Waals surface area contributed by atoms with Gasteiger partial charge >= 0.3 is 0 Å². The number of nitrogens with one attached hydrogen (secondary N) is 2. The van der Waals surface area contributed by atoms with E-state index in [0.29, 0.717) is 18.7 Å². The fourth-order valence-corrected chi connectivity index (χ4v) is 3.47. The summed E-state index contributed by atoms with van der Waals surface area (Å²) in [4.78, 5) is 4.05. The summed E-state index contributed by atoms with van der Waals surface area (Å²) in [5.74, 6) is 0. The number of rotatable bonds is 6. The number of hydrogen-bond acceptors (Lipinski definition) is 5. The number of nitrogens with zero attached hydrogens (tertiary/aromatic N) is 1. The van der Waals surface area contributed by atoms with Crippen LogP contribution in [-0.4, -0.2) is 39.7 Å². The minimum absolute atomic E-state index is 0.170. The third-order valence-electron chi connectivity index (χ3n) is 3.38. The van der Waals surface area contributed by atoms with Crippen LogP contribution in [0.3, 0.4) is 0 Å². The van der Waals surface area contributed by atoms with Crippen LogP contribution in [0.4, 0.5) is 5.69 Å². The average Bonchev–Trinajstić information content (AvgIpc) is 2.48. The number of anilines is 1. The summed E-state index contributed by atoms with van der Waals surface area (Å²) in [6.07, 6.45) is 7.05. The fourth-order valence-electron chi connectivity index (χ4n) is 2.27. The largest absolute Gasteiger partial charge is 0.387 e. The van der Waals surface area contributed by atoms with Gasteiger partial charge in [0.1, 0.15) is 4.90 Å². The van der Waals surface area contributed by atoms with Gasteiger partial charge in [-0.05, 0) is 31.7 Å². The van der Waals surface area contributed by atoms with E-state index in [1.54, 1.807) is 19.3 Å². The fraction of sp³-hybridized carbons (Fsp3) is 0.615. The highest BCUT2D eigenvalue weighted by Gasteiger charge is 2.19. The molecule has 2 N–H and O–H groups in total. The average molecular weight is 299 g/mol. The van der Waals surface area contributed by atoms with E-state index >= 15 is 0 Å². The van der Waals surface area contributed by atoms with E-state index in [0.717, 1.165) is 25.9 Å². The smallest absolute Gasteiger partial charge is 0.244 e. The molecule has 1 atom stereocenters. The Labute approximate surface area is 120 Å². The molecule has 1 fully saturated rings. The Morgan fingerprint density at radius 3 is 3.00 bits per heavy atom. The van der Waals surface area contributed by atoms with Gasteiger partial charge in [-0.15, -0.1) is 0 Å². The topological polar surface area (TPSA) is 80.3 Å². The van der Waals surface area contributed by atoms with Crippen LogP contribution in [0, 0.1) is 0 Å². The molecule has 1 aromatic heterocycles. The quantitative estimate of drug-likeness (QED) is 0.829. The Morgan fingerprint density at radius 2 is 2.30 bits per heavy atom. The van der Waals surface area contributed by atoms with Gasteiger partial charge in [-0.25, -0.2) is 13.1 Å². The standard InChI is InChI=1S/C13H21N3O3S/c1-14-12-6-7-15-10-13(12)20(17,18)16-8-5-11-4-2-3-9-19-11/h6-7,10-11,16H,2-5,8-9H2,1H3,(H,14,15). The lowest BCUT2D eigenvalue weighted by atomic mass is 10.1. The predicted octanol–water partition coefficient (Wildman–Crippen LogP) is 1.36. The van der Waals surface area contributed by atoms with Crippen LogP contribution < -0.4 is 10.0 Å². The molecule has 0 bridgehead atoms. The second-order valence-corrected chi connectivity index (χ2v) is 6.53. The molecule has 1 aliphatic heterocycles. The summed E-state index contributed by atoms with van der Waals surface area (Å²) >= 11 is 0. The van der Waals surface area contributed by atoms with Crippen molar-refractivity contribution < 1.29 is 13.2 Å². The van der Waals surface area contributed by atoms with E-state index in [2.05, 4.69) is 15.0 Å². The van der Waals surface area contributed by atoms with Crippen molar-refractivity contribution in [3.8, 4) is 0 Å². The van der Waals surface area contributed by atoms with Gasteiger partial charge in [0, 0.05) is 32.6 Å². The Bertz CT molecular complexity index is 527. The lowest BCUT2D eigenvalue weighted by Crippen LogP contribution is -2.30. The van der Waals surface area contributed by atoms with Crippen LogP contribution in [0.25, 0.3) is 0 Å². The molecule has 1 aliphatic rings. The minimum Gasteiger partial charge on any atom is -0.387 e. The molecule has 20 heavy (non-hydrogen) atoms. The summed E-state index contributed by atoms with van der Waals surface area (Å²) in [6, 6.07) is 1.64. The van der Waals surface area contributed by atoms with Gasteiger partial charge in [-0.3, -0.25) is 4.98 Å². The molecule has 2 rings (SSSR count). The summed E-state index contributed by atoms with van der Waals surface area (Å²) < 4.78 is 32.6. The van der Waals surface area contributed by atoms with Crippen LogP contribution >= 0.6 is 0 Å². The molecule has 1 unspecified atom stereocenters. The monoisotopic (exact) mass is 299 g/mol. The van der Waals surface area contributed by atoms with Crippen molar-refractivity contribution in [2.75, 3.05) is 25.5 Å². The van der Waals surface area contributed by atoms with Crippen molar-refractivity contribution in [1.29, 1.82) is 0 Å². The molecule has 0 saturated carbocycles. The second kappa shape index (κ2) is 7.01. The molecular formula is C13H21N3O3S. The van der Waals surface area contributed by atoms with Gasteiger partial charge in [0.05, 0.1) is 11.8 Å². The molecule has 7 heteroatoms. The third-order valence-corrected chi connectivity index (χ3v) is 4.86. The Kier molecular flexibility index (Phi) is 5.33. The molecular weight excluding hydrogens is 278 g/mol. The molecule has 112 valence electrons. The van der Waals surface area contributed by atoms with Gasteiger partial charge in [0.15, 0.2) is 0 Å². The van der Waals surface area contributed by atoms with Crippen molar-refractivity contribution in [2.24, 2.45) is 0 Å². The SMILES string of the molecule is CNc1ccncc1S(=O)(=O)NCCC1CCCCO1. The molecule has 2 heterocycles. The number of ether oxygens (including phenoxy) is 1. The van der Waals surface area contributed by atoms with Crippen LogP contribution in [0.1, 0.15) is 25.7 Å². The van der Waals surface area contributed by atoms with Crippen LogP contribution in [0.2, 0.25) is 0 Å². The van der Waals surface area contributed by atoms with Gasteiger partial charge < -0.3 is 10.1 Å². The zero-order valence-electron chi connectivity index (χ0n) is 11.6. The van der Waals surface area contributed by atoms with Crippen molar-refractivity contribution in [2.45, 2.75) is 36.7 Å². The lowest BCUT2D eigenvalue weighted by molar-refractivity contribution is 0.0123. The highest BCUT2D eigenvalue weighted by Crippen LogP contribution is 2.19. The Balaban J connectivity index is 1.93. The number of aromatic nitrogens is 1. The molecule has 6 nitrogen and oxygen atoms in total. The van der Waals surface area contributed by atoms with Gasteiger partial charge in [-0.2, -0.15) is 0 Å². The predicted molar refractivity (Wildman–Crippen MR) is 77.2 cm³/mol. The molecule has 0 spiro atoms. The first kappa shape index (κ1) is 15.2. The molecule has 0 aromatic carbocycles. The summed E-state index contributed by atoms with van der Waals surface area (Å²) in [7, 11) is -1.85. The molecule has 1 aromatic rings. The van der Waals surface area contributed by atoms with Gasteiger partial charge in [-0.1, -0.05) is 0 Å². The number of pyridine rings is 1. The zero-order chi connectivity index (χ0) is 14.4. The summed E-state index contributed by atoms with van der Waals surface area (Å²) in [5.41, 5.74) is 0.543. The van der Waals surface area contributed by atoms with E-state index in [4.69, 9.17) is 4.74 Å². The Hall–Kier alpha value is -1.18. The van der Waals surface area contributed by atoms with E-state index in [1.807, 2.05) is 0 Å². The first-order chi connectivity index (χ1) is 9.63. The van der Waals surface area contributed by atoms with Gasteiger partial charge in [0.2, 0.25) is 10.0 Å². The maximum absolute atomic E-state index is 12.2. The summed E-state index contributed by atoms with van der Waals surface area (Å²) in [5, 5.41) is 2.86. The Morgan fingerprint density at radius 1 is 1.45 bits per heavy atom. The third kappa shape index (κ3) is 3.91. The number of hydrogen-bond donors (Lipinski definition) is 2. The van der Waals surface area contributed by atoms with Crippen LogP contribution in [-0.2, 0) is 14.8 Å². The summed E-state index contributed by atoms with van der Waals surface area (Å²) in [6.45, 7) is 1.16. The normalized spacial score (nSPS) is 19.8. The minimum atomic E-state index is -3.53. The lowest BCUT2D eigenvalue weighted by Gasteiger charge is -2.22. The van der Waals surface area contributed by atoms with E-state index < -0.39 is 10.0 Å². The van der Waals surface area contributed by atoms with E-state index in [9.17, 15) is 8.42 Å². The van der Waals surface area contributed by atoms with Gasteiger partial charge in [0.25, 0.3) is 0 Å². The first-order valence-corrected chi connectivity index (χ1v) is 8.35. The second-order valence-electron chi connectivity index (χ2n) is 4.80. The van der Waals surface area contributed by atoms with Crippen molar-refractivity contribution in [3.63, 3.8) is 0 Å². The van der Waals surface area contributed by atoms with E-state index in [1.165, 1.54) is 6.20 Å². The first-order valence-electron chi connectivity index (χ1n) is 6.86. The number of sulfonamides is 1. The highest BCUT2D eigenvalue weighted by atomic mass is 32.2. The zero-order valence-corrected chi connectivity index (χ0v) is 12.4. The molecule has 1 saturated heterocycles. The molecule has 0 aliphatic carbocycles. The van der Waals surface area contributed by atoms with Crippen LogP contribution in [0.15, 0.2) is 23.4 Å². The highest BCUT2D eigenvalue weighted by molar-refractivity contribution is 7.89. The maximum Gasteiger partial charge on any atom is 0.244 e. The molecule has 0 radical (unpaired) electrons. The maximum atomic E-state index is 12.2.